The minimum absolute atomic E-state index is 0.00898. The zero-order chi connectivity index (χ0) is 14.5. The molecule has 0 aliphatic rings. The second-order valence-corrected chi connectivity index (χ2v) is 4.96. The number of hydrogen-bond acceptors (Lipinski definition) is 3. The summed E-state index contributed by atoms with van der Waals surface area (Å²) in [5, 5.41) is 13.3. The van der Waals surface area contributed by atoms with Crippen molar-refractivity contribution in [1.29, 1.82) is 0 Å². The number of aromatic hydroxyl groups is 1. The molecular formula is C14H12Cl2N2O2. The van der Waals surface area contributed by atoms with Gasteiger partial charge in [-0.3, -0.25) is 4.79 Å². The molecule has 0 spiro atoms. The number of aromatic nitrogens is 1. The number of nitrogens with zero attached hydrogens (tertiary/aromatic N) is 1. The van der Waals surface area contributed by atoms with Crippen LogP contribution in [0.2, 0.25) is 10.0 Å². The molecule has 104 valence electrons. The SMILES string of the molecule is O=C(NCCc1ccc(Cl)cc1Cl)c1ncccc1O. The van der Waals surface area contributed by atoms with Crippen LogP contribution in [0.5, 0.6) is 5.75 Å². The average molecular weight is 311 g/mol. The fourth-order valence-corrected chi connectivity index (χ4v) is 2.19. The molecule has 0 unspecified atom stereocenters. The van der Waals surface area contributed by atoms with Gasteiger partial charge in [0.15, 0.2) is 5.69 Å². The number of nitrogens with one attached hydrogen (secondary N) is 1. The van der Waals surface area contributed by atoms with Crippen molar-refractivity contribution in [1.82, 2.24) is 10.3 Å². The largest absolute Gasteiger partial charge is 0.505 e. The summed E-state index contributed by atoms with van der Waals surface area (Å²) in [4.78, 5) is 15.6. The van der Waals surface area contributed by atoms with Crippen LogP contribution in [0.1, 0.15) is 16.1 Å². The fourth-order valence-electron chi connectivity index (χ4n) is 1.69. The monoisotopic (exact) mass is 310 g/mol. The van der Waals surface area contributed by atoms with Gasteiger partial charge in [-0.25, -0.2) is 4.98 Å². The van der Waals surface area contributed by atoms with Crippen LogP contribution in [0.25, 0.3) is 0 Å². The van der Waals surface area contributed by atoms with Crippen molar-refractivity contribution in [3.05, 3.63) is 57.8 Å². The van der Waals surface area contributed by atoms with Gasteiger partial charge in [-0.2, -0.15) is 0 Å². The van der Waals surface area contributed by atoms with Gasteiger partial charge in [-0.15, -0.1) is 0 Å². The van der Waals surface area contributed by atoms with E-state index >= 15 is 0 Å². The van der Waals surface area contributed by atoms with E-state index in [1.54, 1.807) is 18.2 Å². The molecule has 0 fully saturated rings. The number of benzene rings is 1. The van der Waals surface area contributed by atoms with Gasteiger partial charge in [-0.1, -0.05) is 29.3 Å². The molecule has 1 aromatic carbocycles. The van der Waals surface area contributed by atoms with E-state index in [0.717, 1.165) is 5.56 Å². The van der Waals surface area contributed by atoms with E-state index in [9.17, 15) is 9.90 Å². The highest BCUT2D eigenvalue weighted by Gasteiger charge is 2.11. The maximum atomic E-state index is 11.8. The first-order valence-electron chi connectivity index (χ1n) is 5.94. The van der Waals surface area contributed by atoms with Gasteiger partial charge < -0.3 is 10.4 Å². The summed E-state index contributed by atoms with van der Waals surface area (Å²) >= 11 is 11.8. The van der Waals surface area contributed by atoms with Gasteiger partial charge in [0.05, 0.1) is 0 Å². The first-order valence-corrected chi connectivity index (χ1v) is 6.69. The smallest absolute Gasteiger partial charge is 0.273 e. The molecule has 0 radical (unpaired) electrons. The zero-order valence-electron chi connectivity index (χ0n) is 10.4. The summed E-state index contributed by atoms with van der Waals surface area (Å²) < 4.78 is 0. The summed E-state index contributed by atoms with van der Waals surface area (Å²) in [6, 6.07) is 8.19. The standard InChI is InChI=1S/C14H12Cl2N2O2/c15-10-4-3-9(11(16)8-10)5-7-18-14(20)13-12(19)2-1-6-17-13/h1-4,6,8,19H,5,7H2,(H,18,20). The Labute approximate surface area is 126 Å². The molecule has 0 bridgehead atoms. The van der Waals surface area contributed by atoms with E-state index in [4.69, 9.17) is 23.2 Å². The lowest BCUT2D eigenvalue weighted by Gasteiger charge is -2.07. The highest BCUT2D eigenvalue weighted by molar-refractivity contribution is 6.35. The van der Waals surface area contributed by atoms with Crippen LogP contribution in [-0.4, -0.2) is 22.5 Å². The predicted molar refractivity (Wildman–Crippen MR) is 78.4 cm³/mol. The number of rotatable bonds is 4. The number of carbonyl (C=O) groups excluding carboxylic acids is 1. The first-order chi connectivity index (χ1) is 9.58. The third-order valence-corrected chi connectivity index (χ3v) is 3.28. The van der Waals surface area contributed by atoms with Gasteiger partial charge in [0, 0.05) is 22.8 Å². The zero-order valence-corrected chi connectivity index (χ0v) is 11.9. The predicted octanol–water partition coefficient (Wildman–Crippen LogP) is 3.07. The maximum Gasteiger partial charge on any atom is 0.273 e. The fraction of sp³-hybridized carbons (Fsp3) is 0.143. The maximum absolute atomic E-state index is 11.8. The van der Waals surface area contributed by atoms with E-state index in [1.165, 1.54) is 12.3 Å². The molecule has 2 rings (SSSR count). The average Bonchev–Trinajstić information content (AvgIpc) is 2.41. The molecule has 2 N–H and O–H groups in total. The van der Waals surface area contributed by atoms with Gasteiger partial charge in [0.25, 0.3) is 5.91 Å². The summed E-state index contributed by atoms with van der Waals surface area (Å²) in [6.45, 7) is 0.385. The van der Waals surface area contributed by atoms with Crippen LogP contribution in [-0.2, 0) is 6.42 Å². The van der Waals surface area contributed by atoms with Crippen LogP contribution >= 0.6 is 23.2 Å². The Balaban J connectivity index is 1.93. The Bertz CT molecular complexity index is 632. The van der Waals surface area contributed by atoms with Crippen LogP contribution in [0.3, 0.4) is 0 Å². The first kappa shape index (κ1) is 14.6. The topological polar surface area (TPSA) is 62.2 Å². The van der Waals surface area contributed by atoms with E-state index in [-0.39, 0.29) is 11.4 Å². The molecule has 20 heavy (non-hydrogen) atoms. The Morgan fingerprint density at radius 3 is 2.80 bits per heavy atom. The van der Waals surface area contributed by atoms with Crippen molar-refractivity contribution in [3.8, 4) is 5.75 Å². The van der Waals surface area contributed by atoms with E-state index in [1.807, 2.05) is 6.07 Å². The van der Waals surface area contributed by atoms with Gasteiger partial charge in [0.2, 0.25) is 0 Å². The van der Waals surface area contributed by atoms with Crippen molar-refractivity contribution in [3.63, 3.8) is 0 Å². The Morgan fingerprint density at radius 2 is 2.10 bits per heavy atom. The summed E-state index contributed by atoms with van der Waals surface area (Å²) in [6.07, 6.45) is 2.01. The van der Waals surface area contributed by atoms with E-state index in [2.05, 4.69) is 10.3 Å². The van der Waals surface area contributed by atoms with E-state index in [0.29, 0.717) is 23.0 Å². The molecule has 6 heteroatoms. The lowest BCUT2D eigenvalue weighted by molar-refractivity contribution is 0.0946. The Kier molecular flexibility index (Phi) is 4.82. The number of halogens is 2. The molecular weight excluding hydrogens is 299 g/mol. The van der Waals surface area contributed by atoms with Crippen molar-refractivity contribution in [2.75, 3.05) is 6.54 Å². The lowest BCUT2D eigenvalue weighted by atomic mass is 10.1. The Morgan fingerprint density at radius 1 is 1.30 bits per heavy atom. The third kappa shape index (κ3) is 3.62. The van der Waals surface area contributed by atoms with Crippen molar-refractivity contribution in [2.24, 2.45) is 0 Å². The number of hydrogen-bond donors (Lipinski definition) is 2. The molecule has 1 aromatic heterocycles. The van der Waals surface area contributed by atoms with Gasteiger partial charge in [-0.05, 0) is 36.2 Å². The van der Waals surface area contributed by atoms with Crippen LogP contribution < -0.4 is 5.32 Å². The molecule has 0 saturated carbocycles. The van der Waals surface area contributed by atoms with Crippen LogP contribution in [0, 0.1) is 0 Å². The van der Waals surface area contributed by atoms with Crippen molar-refractivity contribution in [2.45, 2.75) is 6.42 Å². The number of pyridine rings is 1. The second-order valence-electron chi connectivity index (χ2n) is 4.11. The van der Waals surface area contributed by atoms with Gasteiger partial charge in [0.1, 0.15) is 5.75 Å². The molecule has 1 amide bonds. The second kappa shape index (κ2) is 6.59. The molecule has 0 aliphatic carbocycles. The molecule has 0 atom stereocenters. The normalized spacial score (nSPS) is 10.3. The summed E-state index contributed by atoms with van der Waals surface area (Å²) in [5.41, 5.74) is 0.899. The summed E-state index contributed by atoms with van der Waals surface area (Å²) in [5.74, 6) is -0.567. The molecule has 1 heterocycles. The van der Waals surface area contributed by atoms with Gasteiger partial charge >= 0.3 is 0 Å². The van der Waals surface area contributed by atoms with Crippen LogP contribution in [0.15, 0.2) is 36.5 Å². The quantitative estimate of drug-likeness (QED) is 0.912. The lowest BCUT2D eigenvalue weighted by Crippen LogP contribution is -2.26. The molecule has 2 aromatic rings. The molecule has 0 saturated heterocycles. The third-order valence-electron chi connectivity index (χ3n) is 2.70. The highest BCUT2D eigenvalue weighted by Crippen LogP contribution is 2.21. The minimum atomic E-state index is -0.423. The number of carbonyl (C=O) groups is 1. The highest BCUT2D eigenvalue weighted by atomic mass is 35.5. The Hall–Kier alpha value is -1.78. The van der Waals surface area contributed by atoms with E-state index < -0.39 is 5.91 Å². The number of amides is 1. The van der Waals surface area contributed by atoms with Crippen molar-refractivity contribution < 1.29 is 9.90 Å². The summed E-state index contributed by atoms with van der Waals surface area (Å²) in [7, 11) is 0. The van der Waals surface area contributed by atoms with Crippen molar-refractivity contribution >= 4 is 29.1 Å². The molecule has 0 aliphatic heterocycles. The molecule has 4 nitrogen and oxygen atoms in total. The minimum Gasteiger partial charge on any atom is -0.505 e. The van der Waals surface area contributed by atoms with Crippen LogP contribution in [0.4, 0.5) is 0 Å².